The maximum atomic E-state index is 2.51. The molecule has 0 bridgehead atoms. The second-order valence-electron chi connectivity index (χ2n) is 16.9. The molecule has 0 atom stereocenters. The fourth-order valence-electron chi connectivity index (χ4n) is 10.9. The minimum absolute atomic E-state index is 1.26. The van der Waals surface area contributed by atoms with Crippen molar-refractivity contribution >= 4 is 75.4 Å². The largest absolute Gasteiger partial charge is 0.0617 e. The van der Waals surface area contributed by atoms with Crippen LogP contribution in [0.3, 0.4) is 0 Å². The monoisotopic (exact) mass is 762 g/mol. The van der Waals surface area contributed by atoms with E-state index in [2.05, 4.69) is 210 Å². The van der Waals surface area contributed by atoms with Crippen LogP contribution in [-0.4, -0.2) is 0 Å². The summed E-state index contributed by atoms with van der Waals surface area (Å²) in [6.45, 7) is 9.08. The molecule has 0 heteroatoms. The van der Waals surface area contributed by atoms with E-state index in [0.717, 1.165) is 0 Å². The number of hydrogen-bond acceptors (Lipinski definition) is 0. The zero-order chi connectivity index (χ0) is 40.2. The molecule has 0 nitrogen and oxygen atoms in total. The molecule has 0 spiro atoms. The molecule has 0 aliphatic carbocycles. The van der Waals surface area contributed by atoms with Crippen LogP contribution in [0.15, 0.2) is 182 Å². The molecule has 0 radical (unpaired) electrons. The molecule has 0 amide bonds. The van der Waals surface area contributed by atoms with Gasteiger partial charge in [0.1, 0.15) is 0 Å². The van der Waals surface area contributed by atoms with Crippen molar-refractivity contribution < 1.29 is 0 Å². The van der Waals surface area contributed by atoms with Crippen molar-refractivity contribution in [2.45, 2.75) is 27.7 Å². The smallest absolute Gasteiger partial charge is 0.00139 e. The third kappa shape index (κ3) is 4.98. The molecule has 0 N–H and O–H groups in total. The molecule has 0 aliphatic rings. The van der Waals surface area contributed by atoms with Crippen LogP contribution in [0.1, 0.15) is 22.3 Å². The number of hydrogen-bond donors (Lipinski definition) is 0. The van der Waals surface area contributed by atoms with Crippen molar-refractivity contribution in [2.75, 3.05) is 0 Å². The minimum Gasteiger partial charge on any atom is -0.0617 e. The van der Waals surface area contributed by atoms with Gasteiger partial charge in [0.25, 0.3) is 0 Å². The van der Waals surface area contributed by atoms with Crippen LogP contribution in [0, 0.1) is 27.7 Å². The Morgan fingerprint density at radius 2 is 0.517 bits per heavy atom. The van der Waals surface area contributed by atoms with E-state index in [-0.39, 0.29) is 0 Å². The molecule has 0 aromatic heterocycles. The van der Waals surface area contributed by atoms with E-state index in [9.17, 15) is 0 Å². The Bertz CT molecular complexity index is 3460. The highest BCUT2D eigenvalue weighted by atomic mass is 14.3. The number of benzene rings is 12. The average molecular weight is 763 g/mol. The second kappa shape index (κ2) is 13.1. The van der Waals surface area contributed by atoms with Crippen molar-refractivity contribution in [2.24, 2.45) is 0 Å². The van der Waals surface area contributed by atoms with Gasteiger partial charge in [0.2, 0.25) is 0 Å². The molecule has 0 saturated heterocycles. The zero-order valence-corrected chi connectivity index (χ0v) is 34.3. The summed E-state index contributed by atoms with van der Waals surface area (Å²) in [5.41, 5.74) is 15.4. The van der Waals surface area contributed by atoms with Gasteiger partial charge in [-0.2, -0.15) is 0 Å². The number of aryl methyl sites for hydroxylation is 4. The fourth-order valence-corrected chi connectivity index (χ4v) is 10.9. The first-order valence-corrected chi connectivity index (χ1v) is 21.2. The molecule has 282 valence electrons. The Morgan fingerprint density at radius 3 is 0.900 bits per heavy atom. The minimum atomic E-state index is 1.26. The highest BCUT2D eigenvalue weighted by Gasteiger charge is 2.24. The Kier molecular flexibility index (Phi) is 7.59. The van der Waals surface area contributed by atoms with Crippen LogP contribution in [0.2, 0.25) is 0 Å². The molecule has 12 aromatic rings. The SMILES string of the molecule is Cc1cccc(C)c1-c1cc(-c2cc3ccccc3c3ccccc23)c2ccc3c(-c4c(C)cccc4C)cc(-c4cc5ccccc5c5ccccc45)c4ccc1c2c34. The first-order valence-electron chi connectivity index (χ1n) is 21.2. The maximum absolute atomic E-state index is 2.51. The van der Waals surface area contributed by atoms with Gasteiger partial charge in [0.15, 0.2) is 0 Å². The lowest BCUT2D eigenvalue weighted by molar-refractivity contribution is 1.38. The summed E-state index contributed by atoms with van der Waals surface area (Å²) in [6, 6.07) is 68.8. The van der Waals surface area contributed by atoms with Crippen molar-refractivity contribution in [3.63, 3.8) is 0 Å². The summed E-state index contributed by atoms with van der Waals surface area (Å²) < 4.78 is 0. The Balaban J connectivity index is 1.32. The molecule has 0 heterocycles. The van der Waals surface area contributed by atoms with E-state index in [1.807, 2.05) is 0 Å². The first kappa shape index (κ1) is 34.7. The van der Waals surface area contributed by atoms with Crippen molar-refractivity contribution in [3.8, 4) is 44.5 Å². The summed E-state index contributed by atoms with van der Waals surface area (Å²) in [4.78, 5) is 0. The van der Waals surface area contributed by atoms with Gasteiger partial charge in [-0.25, -0.2) is 0 Å². The molecule has 12 aromatic carbocycles. The summed E-state index contributed by atoms with van der Waals surface area (Å²) in [5.74, 6) is 0. The van der Waals surface area contributed by atoms with Gasteiger partial charge < -0.3 is 0 Å². The van der Waals surface area contributed by atoms with Gasteiger partial charge in [0, 0.05) is 0 Å². The zero-order valence-electron chi connectivity index (χ0n) is 34.3. The van der Waals surface area contributed by atoms with Gasteiger partial charge in [-0.15, -0.1) is 0 Å². The van der Waals surface area contributed by atoms with Gasteiger partial charge >= 0.3 is 0 Å². The van der Waals surface area contributed by atoms with Crippen molar-refractivity contribution in [1.29, 1.82) is 0 Å². The third-order valence-electron chi connectivity index (χ3n) is 13.5. The predicted octanol–water partition coefficient (Wildman–Crippen LogP) is 17.1. The molecule has 0 saturated carbocycles. The summed E-state index contributed by atoms with van der Waals surface area (Å²) in [6.07, 6.45) is 0. The molecule has 0 unspecified atom stereocenters. The van der Waals surface area contributed by atoms with Gasteiger partial charge in [0.05, 0.1) is 0 Å². The van der Waals surface area contributed by atoms with Crippen LogP contribution >= 0.6 is 0 Å². The molecular formula is C60H42. The summed E-state index contributed by atoms with van der Waals surface area (Å²) in [5, 5.41) is 18.0. The van der Waals surface area contributed by atoms with Gasteiger partial charge in [-0.05, 0) is 194 Å². The normalized spacial score (nSPS) is 12.0. The predicted molar refractivity (Wildman–Crippen MR) is 261 cm³/mol. The van der Waals surface area contributed by atoms with Crippen LogP contribution in [-0.2, 0) is 0 Å². The molecule has 60 heavy (non-hydrogen) atoms. The van der Waals surface area contributed by atoms with E-state index in [4.69, 9.17) is 0 Å². The highest BCUT2D eigenvalue weighted by Crippen LogP contribution is 2.51. The third-order valence-corrected chi connectivity index (χ3v) is 13.5. The molecule has 0 fully saturated rings. The maximum Gasteiger partial charge on any atom is -0.00139 e. The van der Waals surface area contributed by atoms with E-state index in [1.54, 1.807) is 0 Å². The highest BCUT2D eigenvalue weighted by molar-refractivity contribution is 6.34. The summed E-state index contributed by atoms with van der Waals surface area (Å²) in [7, 11) is 0. The van der Waals surface area contributed by atoms with Gasteiger partial charge in [-0.1, -0.05) is 158 Å². The van der Waals surface area contributed by atoms with E-state index in [0.29, 0.717) is 0 Å². The van der Waals surface area contributed by atoms with Crippen LogP contribution < -0.4 is 0 Å². The lowest BCUT2D eigenvalue weighted by atomic mass is 9.79. The Hall–Kier alpha value is -7.28. The van der Waals surface area contributed by atoms with E-state index in [1.165, 1.54) is 142 Å². The van der Waals surface area contributed by atoms with Crippen molar-refractivity contribution in [1.82, 2.24) is 0 Å². The van der Waals surface area contributed by atoms with Gasteiger partial charge in [-0.3, -0.25) is 0 Å². The second-order valence-corrected chi connectivity index (χ2v) is 16.9. The topological polar surface area (TPSA) is 0 Å². The fraction of sp³-hybridized carbons (Fsp3) is 0.0667. The Morgan fingerprint density at radius 1 is 0.217 bits per heavy atom. The first-order chi connectivity index (χ1) is 29.4. The molecule has 12 rings (SSSR count). The van der Waals surface area contributed by atoms with Crippen LogP contribution in [0.4, 0.5) is 0 Å². The molecular weight excluding hydrogens is 721 g/mol. The van der Waals surface area contributed by atoms with Crippen molar-refractivity contribution in [3.05, 3.63) is 204 Å². The quantitative estimate of drug-likeness (QED) is 0.157. The van der Waals surface area contributed by atoms with E-state index >= 15 is 0 Å². The number of fused-ring (bicyclic) bond motifs is 6. The van der Waals surface area contributed by atoms with E-state index < -0.39 is 0 Å². The standard InChI is InChI=1S/C60H42/c1-35-15-13-16-36(2)57(35)55-33-53(51-31-39-19-5-7-21-41(39)43-23-9-11-25-45(43)51)47-28-30-50-56(58-37(3)17-14-18-38(58)4)34-54(48-27-29-49(55)59(47)60(48)50)52-32-40-20-6-8-22-42(40)44-24-10-12-26-46(44)52/h5-34H,1-4H3. The Labute approximate surface area is 350 Å². The summed E-state index contributed by atoms with van der Waals surface area (Å²) >= 11 is 0. The average Bonchev–Trinajstić information content (AvgIpc) is 3.28. The lowest BCUT2D eigenvalue weighted by Crippen LogP contribution is -1.97. The molecule has 0 aliphatic heterocycles. The lowest BCUT2D eigenvalue weighted by Gasteiger charge is -2.24. The van der Waals surface area contributed by atoms with Crippen LogP contribution in [0.25, 0.3) is 120 Å². The number of rotatable bonds is 4. The van der Waals surface area contributed by atoms with Crippen LogP contribution in [0.5, 0.6) is 0 Å².